The lowest BCUT2D eigenvalue weighted by Crippen LogP contribution is -2.51. The van der Waals surface area contributed by atoms with E-state index in [0.717, 1.165) is 48.8 Å². The second-order valence-corrected chi connectivity index (χ2v) is 8.57. The van der Waals surface area contributed by atoms with Gasteiger partial charge in [-0.3, -0.25) is 14.4 Å². The Balaban J connectivity index is 1.34. The fourth-order valence-electron chi connectivity index (χ4n) is 4.66. The van der Waals surface area contributed by atoms with Gasteiger partial charge in [-0.1, -0.05) is 43.2 Å². The highest BCUT2D eigenvalue weighted by atomic mass is 16.5. The topological polar surface area (TPSA) is 67.6 Å². The minimum Gasteiger partial charge on any atom is -0.472 e. The van der Waals surface area contributed by atoms with Gasteiger partial charge in [-0.2, -0.15) is 5.10 Å². The van der Waals surface area contributed by atoms with E-state index in [9.17, 15) is 9.90 Å². The fourth-order valence-corrected chi connectivity index (χ4v) is 4.66. The summed E-state index contributed by atoms with van der Waals surface area (Å²) in [4.78, 5) is 14.9. The highest BCUT2D eigenvalue weighted by molar-refractivity contribution is 5.98. The molecule has 1 aliphatic carbocycles. The summed E-state index contributed by atoms with van der Waals surface area (Å²) in [6.07, 6.45) is 7.75. The number of carbonyl (C=O) groups excluding carboxylic acids is 1. The van der Waals surface area contributed by atoms with Gasteiger partial charge in [0.25, 0.3) is 5.91 Å². The van der Waals surface area contributed by atoms with Crippen LogP contribution in [0, 0.1) is 0 Å². The van der Waals surface area contributed by atoms with E-state index in [0.29, 0.717) is 11.3 Å². The van der Waals surface area contributed by atoms with Crippen LogP contribution in [0.5, 0.6) is 5.75 Å². The third-order valence-corrected chi connectivity index (χ3v) is 6.39. The van der Waals surface area contributed by atoms with E-state index in [2.05, 4.69) is 29.4 Å². The molecule has 2 unspecified atom stereocenters. The number of hydrogen-bond donors (Lipinski definition) is 1. The molecule has 160 valence electrons. The second kappa shape index (κ2) is 8.19. The van der Waals surface area contributed by atoms with Crippen LogP contribution in [0.25, 0.3) is 11.1 Å². The summed E-state index contributed by atoms with van der Waals surface area (Å²) in [5.41, 5.74) is 5.06. The van der Waals surface area contributed by atoms with Crippen LogP contribution in [-0.2, 0) is 13.5 Å². The van der Waals surface area contributed by atoms with E-state index in [-0.39, 0.29) is 18.7 Å². The van der Waals surface area contributed by atoms with Crippen molar-refractivity contribution in [2.24, 2.45) is 7.05 Å². The molecular weight excluding hydrogens is 390 g/mol. The Morgan fingerprint density at radius 2 is 1.84 bits per heavy atom. The predicted molar refractivity (Wildman–Crippen MR) is 118 cm³/mol. The highest BCUT2D eigenvalue weighted by Gasteiger charge is 2.36. The van der Waals surface area contributed by atoms with Gasteiger partial charge in [0.1, 0.15) is 5.75 Å². The van der Waals surface area contributed by atoms with E-state index in [1.54, 1.807) is 9.58 Å². The van der Waals surface area contributed by atoms with E-state index < -0.39 is 6.10 Å². The largest absolute Gasteiger partial charge is 0.472 e. The maximum Gasteiger partial charge on any atom is 0.260 e. The van der Waals surface area contributed by atoms with Crippen molar-refractivity contribution in [3.8, 4) is 16.9 Å². The Labute approximate surface area is 182 Å². The normalized spacial score (nSPS) is 21.0. The molecule has 3 aromatic rings. The molecule has 31 heavy (non-hydrogen) atoms. The summed E-state index contributed by atoms with van der Waals surface area (Å²) in [7, 11) is 1.91. The smallest absolute Gasteiger partial charge is 0.260 e. The van der Waals surface area contributed by atoms with Gasteiger partial charge in [-0.15, -0.1) is 0 Å². The molecule has 1 aliphatic heterocycles. The van der Waals surface area contributed by atoms with Crippen molar-refractivity contribution >= 4 is 5.91 Å². The van der Waals surface area contributed by atoms with Crippen LogP contribution in [-0.4, -0.2) is 44.6 Å². The molecule has 2 atom stereocenters. The van der Waals surface area contributed by atoms with Crippen molar-refractivity contribution in [1.29, 1.82) is 0 Å². The Kier molecular flexibility index (Phi) is 5.24. The monoisotopic (exact) mass is 417 g/mol. The van der Waals surface area contributed by atoms with Gasteiger partial charge in [0.2, 0.25) is 0 Å². The van der Waals surface area contributed by atoms with E-state index >= 15 is 0 Å². The predicted octanol–water partition coefficient (Wildman–Crippen LogP) is 3.77. The lowest BCUT2D eigenvalue weighted by molar-refractivity contribution is -0.0124. The third-order valence-electron chi connectivity index (χ3n) is 6.39. The maximum atomic E-state index is 13.2. The molecule has 2 heterocycles. The van der Waals surface area contributed by atoms with Crippen molar-refractivity contribution in [3.63, 3.8) is 0 Å². The number of aromatic nitrogens is 2. The Morgan fingerprint density at radius 3 is 2.58 bits per heavy atom. The van der Waals surface area contributed by atoms with E-state index in [4.69, 9.17) is 4.74 Å². The quantitative estimate of drug-likeness (QED) is 0.702. The van der Waals surface area contributed by atoms with Gasteiger partial charge in [0.15, 0.2) is 6.73 Å². The molecule has 2 aromatic carbocycles. The molecule has 1 fully saturated rings. The fraction of sp³-hybridized carbons (Fsp3) is 0.360. The molecule has 0 bridgehead atoms. The van der Waals surface area contributed by atoms with Gasteiger partial charge < -0.3 is 9.84 Å². The Morgan fingerprint density at radius 1 is 1.06 bits per heavy atom. The molecule has 0 spiro atoms. The number of amides is 1. The minimum atomic E-state index is -0.468. The van der Waals surface area contributed by atoms with Crippen LogP contribution in [0.15, 0.2) is 54.9 Å². The van der Waals surface area contributed by atoms with Crippen LogP contribution in [0.2, 0.25) is 0 Å². The molecule has 1 N–H and O–H groups in total. The number of rotatable bonds is 4. The number of benzene rings is 2. The molecule has 2 aliphatic rings. The van der Waals surface area contributed by atoms with Crippen molar-refractivity contribution in [1.82, 2.24) is 14.7 Å². The first-order valence-corrected chi connectivity index (χ1v) is 10.9. The summed E-state index contributed by atoms with van der Waals surface area (Å²) in [6, 6.07) is 14.1. The first kappa shape index (κ1) is 19.8. The van der Waals surface area contributed by atoms with Gasteiger partial charge >= 0.3 is 0 Å². The molecule has 6 nitrogen and oxygen atoms in total. The van der Waals surface area contributed by atoms with Crippen molar-refractivity contribution in [3.05, 3.63) is 71.5 Å². The van der Waals surface area contributed by atoms with Crippen molar-refractivity contribution < 1.29 is 14.6 Å². The number of fused-ring (bicyclic) bond motifs is 1. The zero-order valence-corrected chi connectivity index (χ0v) is 17.7. The summed E-state index contributed by atoms with van der Waals surface area (Å²) >= 11 is 0. The zero-order valence-electron chi connectivity index (χ0n) is 17.7. The molecular formula is C25H27N3O3. The van der Waals surface area contributed by atoms with Crippen LogP contribution < -0.4 is 4.74 Å². The minimum absolute atomic E-state index is 0.0408. The number of carbonyl (C=O) groups is 1. The van der Waals surface area contributed by atoms with Crippen molar-refractivity contribution in [2.75, 3.05) is 6.73 Å². The lowest BCUT2D eigenvalue weighted by Gasteiger charge is -2.39. The SMILES string of the molecule is Cn1cc(-c2ccc(Cc3ccc4c(c3)C(=O)N(C3CCCCC3O)CO4)cc2)cn1. The number of aliphatic hydroxyl groups excluding tert-OH is 1. The van der Waals surface area contributed by atoms with Gasteiger partial charge in [0.05, 0.1) is 23.9 Å². The third kappa shape index (κ3) is 3.95. The highest BCUT2D eigenvalue weighted by Crippen LogP contribution is 2.32. The number of hydrogen-bond acceptors (Lipinski definition) is 4. The molecule has 0 radical (unpaired) electrons. The average molecular weight is 418 g/mol. The Bertz CT molecular complexity index is 1090. The molecule has 1 saturated carbocycles. The lowest BCUT2D eigenvalue weighted by atomic mass is 9.90. The molecule has 6 heteroatoms. The summed E-state index contributed by atoms with van der Waals surface area (Å²) < 4.78 is 7.66. The molecule has 5 rings (SSSR count). The summed E-state index contributed by atoms with van der Waals surface area (Å²) in [6.45, 7) is 0.211. The second-order valence-electron chi connectivity index (χ2n) is 8.57. The molecule has 0 saturated heterocycles. The van der Waals surface area contributed by atoms with Crippen LogP contribution in [0.3, 0.4) is 0 Å². The Hall–Kier alpha value is -3.12. The maximum absolute atomic E-state index is 13.2. The van der Waals surface area contributed by atoms with E-state index in [1.165, 1.54) is 5.56 Å². The standard InChI is InChI=1S/C25H27N3O3/c1-27-15-20(14-26-27)19-9-6-17(7-10-19)12-18-8-11-24-21(13-18)25(30)28(16-31-24)22-4-2-3-5-23(22)29/h6-11,13-15,22-23,29H,2-5,12,16H2,1H3. The van der Waals surface area contributed by atoms with Gasteiger partial charge in [-0.25, -0.2) is 0 Å². The van der Waals surface area contributed by atoms with E-state index in [1.807, 2.05) is 37.6 Å². The number of aliphatic hydroxyl groups is 1. The van der Waals surface area contributed by atoms with Crippen LogP contribution in [0.4, 0.5) is 0 Å². The first-order valence-electron chi connectivity index (χ1n) is 10.9. The molecule has 1 amide bonds. The van der Waals surface area contributed by atoms with Crippen LogP contribution in [0.1, 0.15) is 47.2 Å². The summed E-state index contributed by atoms with van der Waals surface area (Å²) in [5, 5.41) is 14.6. The van der Waals surface area contributed by atoms with Crippen LogP contribution >= 0.6 is 0 Å². The number of aryl methyl sites for hydroxylation is 1. The van der Waals surface area contributed by atoms with Crippen molar-refractivity contribution in [2.45, 2.75) is 44.2 Å². The zero-order chi connectivity index (χ0) is 21.4. The number of nitrogens with zero attached hydrogens (tertiary/aromatic N) is 3. The van der Waals surface area contributed by atoms with Gasteiger partial charge in [-0.05, 0) is 48.1 Å². The number of ether oxygens (including phenoxy) is 1. The van der Waals surface area contributed by atoms with Gasteiger partial charge in [0, 0.05) is 18.8 Å². The summed E-state index contributed by atoms with van der Waals surface area (Å²) in [5.74, 6) is 0.586. The molecule has 1 aromatic heterocycles. The first-order chi connectivity index (χ1) is 15.1. The average Bonchev–Trinajstić information content (AvgIpc) is 3.22.